The molecule has 130 valence electrons. The Balaban J connectivity index is 1.66. The van der Waals surface area contributed by atoms with Gasteiger partial charge in [0.05, 0.1) is 24.9 Å². The minimum atomic E-state index is -0.404. The summed E-state index contributed by atoms with van der Waals surface area (Å²) in [6.07, 6.45) is 14.6. The first kappa shape index (κ1) is 18.3. The van der Waals surface area contributed by atoms with Crippen LogP contribution in [0.3, 0.4) is 0 Å². The zero-order chi connectivity index (χ0) is 17.2. The predicted molar refractivity (Wildman–Crippen MR) is 96.8 cm³/mol. The van der Waals surface area contributed by atoms with Gasteiger partial charge in [0.1, 0.15) is 5.76 Å². The summed E-state index contributed by atoms with van der Waals surface area (Å²) in [5, 5.41) is 10.2. The molecular formula is C21H28O3. The van der Waals surface area contributed by atoms with Gasteiger partial charge in [0.15, 0.2) is 0 Å². The van der Waals surface area contributed by atoms with E-state index in [1.807, 2.05) is 24.3 Å². The van der Waals surface area contributed by atoms with E-state index in [-0.39, 0.29) is 0 Å². The van der Waals surface area contributed by atoms with E-state index in [4.69, 9.17) is 8.83 Å². The second-order valence-electron chi connectivity index (χ2n) is 6.44. The summed E-state index contributed by atoms with van der Waals surface area (Å²) in [6, 6.07) is 5.91. The summed E-state index contributed by atoms with van der Waals surface area (Å²) in [4.78, 5) is 0. The Morgan fingerprint density at radius 1 is 1.17 bits per heavy atom. The van der Waals surface area contributed by atoms with Gasteiger partial charge in [0, 0.05) is 6.42 Å². The third kappa shape index (κ3) is 7.05. The lowest BCUT2D eigenvalue weighted by atomic mass is 10.0. The Labute approximate surface area is 144 Å². The Kier molecular flexibility index (Phi) is 7.63. The molecule has 2 heterocycles. The molecule has 0 aromatic carbocycles. The Morgan fingerprint density at radius 3 is 2.75 bits per heavy atom. The minimum absolute atomic E-state index is 0.404. The van der Waals surface area contributed by atoms with Crippen LogP contribution in [-0.2, 0) is 12.8 Å². The number of allylic oxidation sites excluding steroid dienone is 2. The normalized spacial score (nSPS) is 14.1. The van der Waals surface area contributed by atoms with Crippen LogP contribution in [0.2, 0.25) is 0 Å². The van der Waals surface area contributed by atoms with Crippen molar-refractivity contribution in [1.82, 2.24) is 0 Å². The van der Waals surface area contributed by atoms with Crippen molar-refractivity contribution in [1.29, 1.82) is 0 Å². The van der Waals surface area contributed by atoms with Gasteiger partial charge in [-0.2, -0.15) is 0 Å². The van der Waals surface area contributed by atoms with Crippen LogP contribution in [0.5, 0.6) is 0 Å². The highest BCUT2D eigenvalue weighted by Crippen LogP contribution is 2.14. The fraction of sp³-hybridized carbons (Fsp3) is 0.429. The smallest absolute Gasteiger partial charge is 0.104 e. The van der Waals surface area contributed by atoms with Crippen molar-refractivity contribution in [2.24, 2.45) is 0 Å². The molecule has 0 saturated carbocycles. The van der Waals surface area contributed by atoms with Gasteiger partial charge < -0.3 is 13.9 Å². The van der Waals surface area contributed by atoms with Gasteiger partial charge in [0.2, 0.25) is 0 Å². The van der Waals surface area contributed by atoms with Crippen LogP contribution < -0.4 is 0 Å². The third-order valence-electron chi connectivity index (χ3n) is 4.09. The lowest BCUT2D eigenvalue weighted by molar-refractivity contribution is 0.222. The first-order valence-corrected chi connectivity index (χ1v) is 8.68. The van der Waals surface area contributed by atoms with E-state index in [1.165, 1.54) is 16.7 Å². The average Bonchev–Trinajstić information content (AvgIpc) is 3.20. The molecule has 0 aliphatic heterocycles. The molecule has 3 heteroatoms. The largest absolute Gasteiger partial charge is 0.472 e. The van der Waals surface area contributed by atoms with Crippen LogP contribution >= 0.6 is 0 Å². The molecule has 2 rings (SSSR count). The molecular weight excluding hydrogens is 300 g/mol. The van der Waals surface area contributed by atoms with E-state index >= 15 is 0 Å². The van der Waals surface area contributed by atoms with E-state index in [1.54, 1.807) is 18.8 Å². The van der Waals surface area contributed by atoms with E-state index in [9.17, 15) is 5.11 Å². The molecule has 2 aromatic heterocycles. The summed E-state index contributed by atoms with van der Waals surface area (Å²) in [6.45, 7) is 4.17. The van der Waals surface area contributed by atoms with Crippen LogP contribution in [0, 0.1) is 0 Å². The zero-order valence-electron chi connectivity index (χ0n) is 14.7. The molecule has 1 atom stereocenters. The quantitative estimate of drug-likeness (QED) is 0.588. The highest BCUT2D eigenvalue weighted by atomic mass is 16.3. The van der Waals surface area contributed by atoms with E-state index in [2.05, 4.69) is 19.9 Å². The van der Waals surface area contributed by atoms with Gasteiger partial charge in [-0.15, -0.1) is 0 Å². The number of furan rings is 2. The zero-order valence-corrected chi connectivity index (χ0v) is 14.7. The lowest BCUT2D eigenvalue weighted by Gasteiger charge is -2.09. The SMILES string of the molecule is CC(=CC(O)CC(C)=CCCc1ccco1)CCCc1ccoc1. The molecule has 0 radical (unpaired) electrons. The first-order chi connectivity index (χ1) is 11.6. The van der Waals surface area contributed by atoms with Gasteiger partial charge >= 0.3 is 0 Å². The molecule has 24 heavy (non-hydrogen) atoms. The number of aliphatic hydroxyl groups excluding tert-OH is 1. The van der Waals surface area contributed by atoms with Crippen LogP contribution in [0.4, 0.5) is 0 Å². The number of aryl methyl sites for hydroxylation is 2. The molecule has 0 fully saturated rings. The highest BCUT2D eigenvalue weighted by molar-refractivity contribution is 5.10. The molecule has 1 unspecified atom stereocenters. The molecule has 2 aromatic rings. The molecule has 0 spiro atoms. The second kappa shape index (κ2) is 9.99. The Bertz CT molecular complexity index is 618. The van der Waals surface area contributed by atoms with Crippen LogP contribution in [0.15, 0.2) is 69.1 Å². The van der Waals surface area contributed by atoms with E-state index in [0.717, 1.165) is 37.9 Å². The predicted octanol–water partition coefficient (Wildman–Crippen LogP) is 5.47. The monoisotopic (exact) mass is 328 g/mol. The number of hydrogen-bond donors (Lipinski definition) is 1. The van der Waals surface area contributed by atoms with Crippen molar-refractivity contribution >= 4 is 0 Å². The van der Waals surface area contributed by atoms with Crippen molar-refractivity contribution < 1.29 is 13.9 Å². The van der Waals surface area contributed by atoms with Gasteiger partial charge in [-0.1, -0.05) is 23.3 Å². The minimum Gasteiger partial charge on any atom is -0.472 e. The summed E-state index contributed by atoms with van der Waals surface area (Å²) in [7, 11) is 0. The first-order valence-electron chi connectivity index (χ1n) is 8.68. The van der Waals surface area contributed by atoms with Crippen LogP contribution in [0.1, 0.15) is 50.9 Å². The maximum Gasteiger partial charge on any atom is 0.104 e. The molecule has 0 aliphatic carbocycles. The molecule has 3 nitrogen and oxygen atoms in total. The van der Waals surface area contributed by atoms with Crippen LogP contribution in [0.25, 0.3) is 0 Å². The summed E-state index contributed by atoms with van der Waals surface area (Å²) < 4.78 is 10.4. The van der Waals surface area contributed by atoms with E-state index in [0.29, 0.717) is 6.42 Å². The summed E-state index contributed by atoms with van der Waals surface area (Å²) in [5.41, 5.74) is 3.70. The lowest BCUT2D eigenvalue weighted by Crippen LogP contribution is -2.04. The maximum atomic E-state index is 10.2. The van der Waals surface area contributed by atoms with Crippen molar-refractivity contribution in [3.05, 3.63) is 71.6 Å². The van der Waals surface area contributed by atoms with Gasteiger partial charge in [-0.25, -0.2) is 0 Å². The van der Waals surface area contributed by atoms with Gasteiger partial charge in [-0.3, -0.25) is 0 Å². The van der Waals surface area contributed by atoms with Crippen molar-refractivity contribution in [2.45, 2.75) is 58.5 Å². The third-order valence-corrected chi connectivity index (χ3v) is 4.09. The van der Waals surface area contributed by atoms with Gasteiger partial charge in [-0.05, 0) is 69.7 Å². The standard InChI is InChI=1S/C21H28O3/c1-17(6-3-8-19-11-13-23-16-19)14-20(22)15-18(2)7-4-9-21-10-5-12-24-21/h5,7,10-14,16,20,22H,3-4,6,8-9,15H2,1-2H3. The van der Waals surface area contributed by atoms with Crippen LogP contribution in [-0.4, -0.2) is 11.2 Å². The molecule has 0 amide bonds. The Hall–Kier alpha value is -2.00. The summed E-state index contributed by atoms with van der Waals surface area (Å²) >= 11 is 0. The second-order valence-corrected chi connectivity index (χ2v) is 6.44. The highest BCUT2D eigenvalue weighted by Gasteiger charge is 2.03. The molecule has 0 aliphatic rings. The number of rotatable bonds is 10. The summed E-state index contributed by atoms with van der Waals surface area (Å²) in [5.74, 6) is 1.01. The van der Waals surface area contributed by atoms with Crippen molar-refractivity contribution in [3.8, 4) is 0 Å². The van der Waals surface area contributed by atoms with E-state index < -0.39 is 6.10 Å². The van der Waals surface area contributed by atoms with Crippen molar-refractivity contribution in [3.63, 3.8) is 0 Å². The molecule has 0 bridgehead atoms. The average molecular weight is 328 g/mol. The Morgan fingerprint density at radius 2 is 2.04 bits per heavy atom. The fourth-order valence-corrected chi connectivity index (χ4v) is 2.81. The molecule has 1 N–H and O–H groups in total. The fourth-order valence-electron chi connectivity index (χ4n) is 2.81. The topological polar surface area (TPSA) is 46.5 Å². The number of hydrogen-bond acceptors (Lipinski definition) is 3. The number of aliphatic hydroxyl groups is 1. The molecule has 0 saturated heterocycles. The van der Waals surface area contributed by atoms with Crippen molar-refractivity contribution in [2.75, 3.05) is 0 Å². The van der Waals surface area contributed by atoms with Gasteiger partial charge in [0.25, 0.3) is 0 Å². The maximum absolute atomic E-state index is 10.2.